The third-order valence-electron chi connectivity index (χ3n) is 7.50. The van der Waals surface area contributed by atoms with Crippen LogP contribution < -0.4 is 5.32 Å². The quantitative estimate of drug-likeness (QED) is 0.332. The molecule has 2 saturated carbocycles. The van der Waals surface area contributed by atoms with Crippen LogP contribution in [0.4, 0.5) is 0 Å². The van der Waals surface area contributed by atoms with E-state index in [1.807, 2.05) is 0 Å². The standard InChI is InChI=1S/C22H40N4O2.HI/c1-3-23-21(24-19-15-20(28-4-2)22(19)8-5-6-9-22)26-10-7-18(17-26)16-25-11-13-27-14-12-25;/h18-20H,3-17H2,1-2H3,(H,23,24);1H. The number of likely N-dealkylation sites (tertiary alicyclic amines) is 1. The van der Waals surface area contributed by atoms with Crippen LogP contribution in [0.2, 0.25) is 0 Å². The zero-order chi connectivity index (χ0) is 19.4. The fourth-order valence-corrected chi connectivity index (χ4v) is 5.95. The van der Waals surface area contributed by atoms with Gasteiger partial charge in [-0.2, -0.15) is 0 Å². The number of nitrogens with one attached hydrogen (secondary N) is 1. The molecule has 4 aliphatic rings. The van der Waals surface area contributed by atoms with E-state index in [2.05, 4.69) is 29.0 Å². The van der Waals surface area contributed by atoms with Crippen LogP contribution in [0.3, 0.4) is 0 Å². The van der Waals surface area contributed by atoms with Crippen LogP contribution in [0.5, 0.6) is 0 Å². The summed E-state index contributed by atoms with van der Waals surface area (Å²) in [5.74, 6) is 1.90. The molecule has 4 rings (SSSR count). The molecule has 3 atom stereocenters. The molecule has 29 heavy (non-hydrogen) atoms. The van der Waals surface area contributed by atoms with Gasteiger partial charge in [0.25, 0.3) is 0 Å². The van der Waals surface area contributed by atoms with E-state index in [0.29, 0.717) is 17.6 Å². The molecule has 2 heterocycles. The Bertz CT molecular complexity index is 535. The smallest absolute Gasteiger partial charge is 0.194 e. The molecule has 2 aliphatic carbocycles. The van der Waals surface area contributed by atoms with Crippen molar-refractivity contribution in [1.82, 2.24) is 15.1 Å². The fourth-order valence-electron chi connectivity index (χ4n) is 5.95. The second kappa shape index (κ2) is 11.0. The van der Waals surface area contributed by atoms with Gasteiger partial charge in [0.05, 0.1) is 19.3 Å². The second-order valence-electron chi connectivity index (χ2n) is 9.13. The zero-order valence-corrected chi connectivity index (χ0v) is 20.7. The van der Waals surface area contributed by atoms with Crippen LogP contribution in [0.1, 0.15) is 52.4 Å². The van der Waals surface area contributed by atoms with Crippen molar-refractivity contribution < 1.29 is 9.47 Å². The minimum Gasteiger partial charge on any atom is -0.379 e. The van der Waals surface area contributed by atoms with Crippen molar-refractivity contribution in [3.63, 3.8) is 0 Å². The molecule has 0 aromatic rings. The average molecular weight is 521 g/mol. The van der Waals surface area contributed by atoms with Crippen LogP contribution in [0.25, 0.3) is 0 Å². The fraction of sp³-hybridized carbons (Fsp3) is 0.955. The Balaban J connectivity index is 0.00000240. The molecule has 0 radical (unpaired) electrons. The lowest BCUT2D eigenvalue weighted by molar-refractivity contribution is -0.126. The first-order valence-corrected chi connectivity index (χ1v) is 11.7. The Morgan fingerprint density at radius 3 is 2.62 bits per heavy atom. The Morgan fingerprint density at radius 1 is 1.17 bits per heavy atom. The van der Waals surface area contributed by atoms with E-state index in [9.17, 15) is 0 Å². The van der Waals surface area contributed by atoms with E-state index in [1.165, 1.54) is 38.6 Å². The van der Waals surface area contributed by atoms with Gasteiger partial charge in [-0.25, -0.2) is 0 Å². The number of ether oxygens (including phenoxy) is 2. The van der Waals surface area contributed by atoms with Gasteiger partial charge in [0.2, 0.25) is 0 Å². The largest absolute Gasteiger partial charge is 0.379 e. The first-order valence-electron chi connectivity index (χ1n) is 11.7. The summed E-state index contributed by atoms with van der Waals surface area (Å²) in [6.07, 6.45) is 8.21. The summed E-state index contributed by atoms with van der Waals surface area (Å²) in [7, 11) is 0. The van der Waals surface area contributed by atoms with Crippen molar-refractivity contribution in [1.29, 1.82) is 0 Å². The highest BCUT2D eigenvalue weighted by atomic mass is 127. The van der Waals surface area contributed by atoms with E-state index in [0.717, 1.165) is 70.8 Å². The van der Waals surface area contributed by atoms with Gasteiger partial charge in [-0.15, -0.1) is 24.0 Å². The van der Waals surface area contributed by atoms with Crippen LogP contribution in [-0.4, -0.2) is 87.0 Å². The number of rotatable bonds is 6. The zero-order valence-electron chi connectivity index (χ0n) is 18.4. The van der Waals surface area contributed by atoms with Crippen molar-refractivity contribution in [2.45, 2.75) is 64.5 Å². The van der Waals surface area contributed by atoms with Gasteiger partial charge < -0.3 is 19.7 Å². The third-order valence-corrected chi connectivity index (χ3v) is 7.50. The minimum atomic E-state index is 0. The lowest BCUT2D eigenvalue weighted by atomic mass is 9.60. The SMILES string of the molecule is CCN=C(NC1CC(OCC)C12CCCC2)N1CCC(CN2CCOCC2)C1.I. The average Bonchev–Trinajstić information content (AvgIpc) is 3.39. The molecule has 4 fully saturated rings. The number of aliphatic imine (C=N–C) groups is 1. The molecule has 2 aliphatic heterocycles. The number of hydrogen-bond acceptors (Lipinski definition) is 4. The van der Waals surface area contributed by atoms with Gasteiger partial charge in [0.1, 0.15) is 0 Å². The Hall–Kier alpha value is -0.120. The van der Waals surface area contributed by atoms with Gasteiger partial charge in [-0.1, -0.05) is 12.8 Å². The highest BCUT2D eigenvalue weighted by molar-refractivity contribution is 14.0. The highest BCUT2D eigenvalue weighted by Gasteiger charge is 2.57. The number of morpholine rings is 1. The molecule has 0 aromatic carbocycles. The van der Waals surface area contributed by atoms with E-state index in [1.54, 1.807) is 0 Å². The molecule has 7 heteroatoms. The normalized spacial score (nSPS) is 32.3. The molecular formula is C22H41IN4O2. The minimum absolute atomic E-state index is 0. The maximum absolute atomic E-state index is 6.11. The lowest BCUT2D eigenvalue weighted by Gasteiger charge is -2.54. The summed E-state index contributed by atoms with van der Waals surface area (Å²) in [5.41, 5.74) is 0.359. The summed E-state index contributed by atoms with van der Waals surface area (Å²) in [6, 6.07) is 0.537. The number of hydrogen-bond donors (Lipinski definition) is 1. The van der Waals surface area contributed by atoms with E-state index >= 15 is 0 Å². The number of halogens is 1. The van der Waals surface area contributed by atoms with Crippen molar-refractivity contribution in [3.8, 4) is 0 Å². The summed E-state index contributed by atoms with van der Waals surface area (Å²) >= 11 is 0. The number of nitrogens with zero attached hydrogens (tertiary/aromatic N) is 3. The topological polar surface area (TPSA) is 49.3 Å². The maximum Gasteiger partial charge on any atom is 0.194 e. The summed E-state index contributed by atoms with van der Waals surface area (Å²) in [6.45, 7) is 13.4. The Morgan fingerprint density at radius 2 is 1.93 bits per heavy atom. The highest BCUT2D eigenvalue weighted by Crippen LogP contribution is 2.54. The van der Waals surface area contributed by atoms with Crippen molar-refractivity contribution >= 4 is 29.9 Å². The van der Waals surface area contributed by atoms with Gasteiger partial charge in [0.15, 0.2) is 5.96 Å². The van der Waals surface area contributed by atoms with Gasteiger partial charge in [0, 0.05) is 57.3 Å². The van der Waals surface area contributed by atoms with Crippen molar-refractivity contribution in [2.24, 2.45) is 16.3 Å². The van der Waals surface area contributed by atoms with Gasteiger partial charge >= 0.3 is 0 Å². The molecule has 2 saturated heterocycles. The molecule has 1 N–H and O–H groups in total. The van der Waals surface area contributed by atoms with Gasteiger partial charge in [-0.3, -0.25) is 9.89 Å². The molecule has 0 bridgehead atoms. The number of guanidine groups is 1. The van der Waals surface area contributed by atoms with Crippen LogP contribution >= 0.6 is 24.0 Å². The van der Waals surface area contributed by atoms with Crippen LogP contribution in [-0.2, 0) is 9.47 Å². The predicted octanol–water partition coefficient (Wildman–Crippen LogP) is 2.96. The summed E-state index contributed by atoms with van der Waals surface area (Å²) < 4.78 is 11.6. The van der Waals surface area contributed by atoms with E-state index in [4.69, 9.17) is 14.5 Å². The molecule has 168 valence electrons. The molecule has 6 nitrogen and oxygen atoms in total. The Kier molecular flexibility index (Phi) is 8.89. The second-order valence-corrected chi connectivity index (χ2v) is 9.13. The van der Waals surface area contributed by atoms with Crippen LogP contribution in [0, 0.1) is 11.3 Å². The predicted molar refractivity (Wildman–Crippen MR) is 128 cm³/mol. The molecule has 1 spiro atoms. The summed E-state index contributed by atoms with van der Waals surface area (Å²) in [4.78, 5) is 9.99. The van der Waals surface area contributed by atoms with Gasteiger partial charge in [-0.05, 0) is 45.4 Å². The molecule has 0 aromatic heterocycles. The van der Waals surface area contributed by atoms with Crippen LogP contribution in [0.15, 0.2) is 4.99 Å². The van der Waals surface area contributed by atoms with E-state index < -0.39 is 0 Å². The Labute approximate surface area is 194 Å². The molecular weight excluding hydrogens is 479 g/mol. The van der Waals surface area contributed by atoms with Crippen molar-refractivity contribution in [2.75, 3.05) is 59.1 Å². The first kappa shape index (κ1) is 23.5. The monoisotopic (exact) mass is 520 g/mol. The molecule has 0 amide bonds. The van der Waals surface area contributed by atoms with E-state index in [-0.39, 0.29) is 24.0 Å². The lowest BCUT2D eigenvalue weighted by Crippen LogP contribution is -2.65. The first-order chi connectivity index (χ1) is 13.7. The third kappa shape index (κ3) is 5.21. The maximum atomic E-state index is 6.11. The van der Waals surface area contributed by atoms with Crippen molar-refractivity contribution in [3.05, 3.63) is 0 Å². The molecule has 3 unspecified atom stereocenters. The summed E-state index contributed by atoms with van der Waals surface area (Å²) in [5, 5.41) is 3.90.